The van der Waals surface area contributed by atoms with Gasteiger partial charge in [0.05, 0.1) is 0 Å². The summed E-state index contributed by atoms with van der Waals surface area (Å²) < 4.78 is 5.75. The molecule has 1 aromatic heterocycles. The van der Waals surface area contributed by atoms with Crippen molar-refractivity contribution in [3.63, 3.8) is 0 Å². The summed E-state index contributed by atoms with van der Waals surface area (Å²) in [6.07, 6.45) is 4.58. The first-order valence-electron chi connectivity index (χ1n) is 7.01. The van der Waals surface area contributed by atoms with Gasteiger partial charge in [-0.1, -0.05) is 18.5 Å². The van der Waals surface area contributed by atoms with Crippen molar-refractivity contribution >= 4 is 22.7 Å². The van der Waals surface area contributed by atoms with Crippen LogP contribution in [0.2, 0.25) is 5.02 Å². The van der Waals surface area contributed by atoms with Crippen molar-refractivity contribution < 1.29 is 4.42 Å². The van der Waals surface area contributed by atoms with Gasteiger partial charge in [-0.15, -0.1) is 0 Å². The van der Waals surface area contributed by atoms with E-state index in [2.05, 4.69) is 17.2 Å². The Balaban J connectivity index is 1.68. The molecule has 2 heterocycles. The van der Waals surface area contributed by atoms with Gasteiger partial charge in [0.1, 0.15) is 5.52 Å². The van der Waals surface area contributed by atoms with Gasteiger partial charge in [-0.3, -0.25) is 0 Å². The van der Waals surface area contributed by atoms with Gasteiger partial charge in [0.15, 0.2) is 11.5 Å². The fourth-order valence-electron chi connectivity index (χ4n) is 2.83. The predicted molar refractivity (Wildman–Crippen MR) is 77.5 cm³/mol. The lowest BCUT2D eigenvalue weighted by Gasteiger charge is -2.29. The molecular weight excluding hydrogens is 260 g/mol. The van der Waals surface area contributed by atoms with E-state index in [1.165, 1.54) is 12.8 Å². The molecule has 1 aromatic carbocycles. The molecule has 2 atom stereocenters. The van der Waals surface area contributed by atoms with Crippen LogP contribution in [0.5, 0.6) is 0 Å². The summed E-state index contributed by atoms with van der Waals surface area (Å²) in [5, 5.41) is 4.30. The Bertz CT molecular complexity index is 566. The van der Waals surface area contributed by atoms with Gasteiger partial charge in [0, 0.05) is 17.5 Å². The fourth-order valence-corrected chi connectivity index (χ4v) is 3.00. The summed E-state index contributed by atoms with van der Waals surface area (Å²) in [6.45, 7) is 3.46. The summed E-state index contributed by atoms with van der Waals surface area (Å²) in [5.74, 6) is 1.56. The number of nitrogens with one attached hydrogen (secondary N) is 1. The number of nitrogens with zero attached hydrogens (tertiary/aromatic N) is 1. The van der Waals surface area contributed by atoms with Gasteiger partial charge in [0.25, 0.3) is 0 Å². The smallest absolute Gasteiger partial charge is 0.195 e. The molecule has 3 nitrogen and oxygen atoms in total. The Morgan fingerprint density at radius 3 is 3.21 bits per heavy atom. The van der Waals surface area contributed by atoms with E-state index in [4.69, 9.17) is 16.0 Å². The van der Waals surface area contributed by atoms with Crippen molar-refractivity contribution in [2.75, 3.05) is 6.54 Å². The molecule has 0 unspecified atom stereocenters. The molecule has 3 rings (SSSR count). The number of oxazole rings is 1. The number of aryl methyl sites for hydroxylation is 1. The summed E-state index contributed by atoms with van der Waals surface area (Å²) >= 11 is 5.95. The third-order valence-corrected chi connectivity index (χ3v) is 4.23. The van der Waals surface area contributed by atoms with Crippen molar-refractivity contribution in [1.82, 2.24) is 10.3 Å². The molecule has 0 saturated carbocycles. The zero-order chi connectivity index (χ0) is 13.2. The highest BCUT2D eigenvalue weighted by Gasteiger charge is 2.21. The van der Waals surface area contributed by atoms with Crippen LogP contribution in [0.3, 0.4) is 0 Å². The maximum absolute atomic E-state index is 5.95. The van der Waals surface area contributed by atoms with E-state index in [9.17, 15) is 0 Å². The first-order valence-corrected chi connectivity index (χ1v) is 7.38. The molecule has 0 radical (unpaired) electrons. The van der Waals surface area contributed by atoms with Crippen LogP contribution in [0.1, 0.15) is 32.1 Å². The topological polar surface area (TPSA) is 38.1 Å². The van der Waals surface area contributed by atoms with Crippen LogP contribution in [-0.2, 0) is 6.42 Å². The number of rotatable bonds is 3. The Hall–Kier alpha value is -1.06. The average molecular weight is 279 g/mol. The quantitative estimate of drug-likeness (QED) is 0.928. The van der Waals surface area contributed by atoms with Gasteiger partial charge in [-0.05, 0) is 49.9 Å². The number of aromatic nitrogens is 1. The summed E-state index contributed by atoms with van der Waals surface area (Å²) in [5.41, 5.74) is 1.68. The van der Waals surface area contributed by atoms with Crippen molar-refractivity contribution in [2.45, 2.75) is 38.6 Å². The number of benzene rings is 1. The van der Waals surface area contributed by atoms with Gasteiger partial charge < -0.3 is 9.73 Å². The molecule has 0 bridgehead atoms. The van der Waals surface area contributed by atoms with Crippen LogP contribution < -0.4 is 5.32 Å². The molecule has 1 aliphatic heterocycles. The molecule has 1 N–H and O–H groups in total. The van der Waals surface area contributed by atoms with Gasteiger partial charge in [-0.2, -0.15) is 0 Å². The van der Waals surface area contributed by atoms with E-state index in [1.807, 2.05) is 18.2 Å². The number of halogens is 1. The van der Waals surface area contributed by atoms with Crippen molar-refractivity contribution in [1.29, 1.82) is 0 Å². The lowest BCUT2D eigenvalue weighted by Crippen LogP contribution is -2.40. The highest BCUT2D eigenvalue weighted by Crippen LogP contribution is 2.23. The lowest BCUT2D eigenvalue weighted by molar-refractivity contribution is 0.282. The Morgan fingerprint density at radius 1 is 1.47 bits per heavy atom. The minimum absolute atomic E-state index is 0.590. The SMILES string of the molecule is C[C@@H]1CCCN[C@@H]1CCc1nc2cc(Cl)ccc2o1. The summed E-state index contributed by atoms with van der Waals surface area (Å²) in [4.78, 5) is 4.50. The van der Waals surface area contributed by atoms with Crippen LogP contribution in [-0.4, -0.2) is 17.6 Å². The summed E-state index contributed by atoms with van der Waals surface area (Å²) in [6, 6.07) is 6.16. The minimum atomic E-state index is 0.590. The van der Waals surface area contributed by atoms with E-state index in [0.717, 1.165) is 42.3 Å². The molecular formula is C15H19ClN2O. The standard InChI is InChI=1S/C15H19ClN2O/c1-10-3-2-8-17-12(10)5-7-15-18-13-9-11(16)4-6-14(13)19-15/h4,6,9-10,12,17H,2-3,5,7-8H2,1H3/t10-,12-/m1/s1. The van der Waals surface area contributed by atoms with E-state index in [0.29, 0.717) is 11.1 Å². The molecule has 1 aliphatic rings. The monoisotopic (exact) mass is 278 g/mol. The molecule has 4 heteroatoms. The average Bonchev–Trinajstić information content (AvgIpc) is 2.79. The summed E-state index contributed by atoms with van der Waals surface area (Å²) in [7, 11) is 0. The first-order chi connectivity index (χ1) is 9.22. The second-order valence-corrected chi connectivity index (χ2v) is 5.87. The maximum Gasteiger partial charge on any atom is 0.195 e. The van der Waals surface area contributed by atoms with Crippen LogP contribution in [0, 0.1) is 5.92 Å². The van der Waals surface area contributed by atoms with Crippen LogP contribution in [0.25, 0.3) is 11.1 Å². The largest absolute Gasteiger partial charge is 0.441 e. The fraction of sp³-hybridized carbons (Fsp3) is 0.533. The number of fused-ring (bicyclic) bond motifs is 1. The Kier molecular flexibility index (Phi) is 3.76. The first kappa shape index (κ1) is 12.9. The van der Waals surface area contributed by atoms with Gasteiger partial charge in [0.2, 0.25) is 0 Å². The molecule has 0 amide bonds. The van der Waals surface area contributed by atoms with E-state index < -0.39 is 0 Å². The predicted octanol–water partition coefficient (Wildman–Crippen LogP) is 3.80. The zero-order valence-corrected chi connectivity index (χ0v) is 11.9. The molecule has 1 saturated heterocycles. The molecule has 1 fully saturated rings. The molecule has 2 aromatic rings. The third-order valence-electron chi connectivity index (χ3n) is 3.99. The molecule has 0 aliphatic carbocycles. The van der Waals surface area contributed by atoms with Crippen LogP contribution in [0.15, 0.2) is 22.6 Å². The third kappa shape index (κ3) is 2.93. The van der Waals surface area contributed by atoms with Crippen molar-refractivity contribution in [2.24, 2.45) is 5.92 Å². The minimum Gasteiger partial charge on any atom is -0.441 e. The zero-order valence-electron chi connectivity index (χ0n) is 11.2. The van der Waals surface area contributed by atoms with Crippen LogP contribution in [0.4, 0.5) is 0 Å². The van der Waals surface area contributed by atoms with Crippen LogP contribution >= 0.6 is 11.6 Å². The molecule has 0 spiro atoms. The number of hydrogen-bond donors (Lipinski definition) is 1. The highest BCUT2D eigenvalue weighted by molar-refractivity contribution is 6.31. The van der Waals surface area contributed by atoms with Crippen molar-refractivity contribution in [3.05, 3.63) is 29.1 Å². The van der Waals surface area contributed by atoms with Gasteiger partial charge in [-0.25, -0.2) is 4.98 Å². The number of hydrogen-bond acceptors (Lipinski definition) is 3. The lowest BCUT2D eigenvalue weighted by atomic mass is 9.90. The molecule has 102 valence electrons. The number of piperidine rings is 1. The van der Waals surface area contributed by atoms with E-state index in [-0.39, 0.29) is 0 Å². The molecule has 19 heavy (non-hydrogen) atoms. The van der Waals surface area contributed by atoms with E-state index >= 15 is 0 Å². The maximum atomic E-state index is 5.95. The second kappa shape index (κ2) is 5.51. The highest BCUT2D eigenvalue weighted by atomic mass is 35.5. The van der Waals surface area contributed by atoms with E-state index in [1.54, 1.807) is 0 Å². The Morgan fingerprint density at radius 2 is 2.37 bits per heavy atom. The normalized spacial score (nSPS) is 23.9. The second-order valence-electron chi connectivity index (χ2n) is 5.44. The Labute approximate surface area is 118 Å². The van der Waals surface area contributed by atoms with Gasteiger partial charge >= 0.3 is 0 Å². The van der Waals surface area contributed by atoms with Crippen molar-refractivity contribution in [3.8, 4) is 0 Å².